The minimum Gasteiger partial charge on any atom is -0.397 e. The number of hydrogen-bond donors (Lipinski definition) is 3. The first kappa shape index (κ1) is 14.7. The normalized spacial score (nSPS) is 21.2. The van der Waals surface area contributed by atoms with Crippen LogP contribution in [0.25, 0.3) is 0 Å². The van der Waals surface area contributed by atoms with Crippen molar-refractivity contribution in [3.63, 3.8) is 0 Å². The molecule has 4 heteroatoms. The van der Waals surface area contributed by atoms with Gasteiger partial charge in [-0.2, -0.15) is 0 Å². The van der Waals surface area contributed by atoms with E-state index < -0.39 is 0 Å². The van der Waals surface area contributed by atoms with Gasteiger partial charge >= 0.3 is 0 Å². The Kier molecular flexibility index (Phi) is 4.21. The van der Waals surface area contributed by atoms with Crippen molar-refractivity contribution >= 4 is 17.3 Å². The fraction of sp³-hybridized carbons (Fsp3) is 0.562. The lowest BCUT2D eigenvalue weighted by atomic mass is 9.73. The van der Waals surface area contributed by atoms with E-state index >= 15 is 0 Å². The third-order valence-electron chi connectivity index (χ3n) is 4.38. The van der Waals surface area contributed by atoms with Crippen LogP contribution in [0.3, 0.4) is 0 Å². The van der Waals surface area contributed by atoms with Crippen molar-refractivity contribution in [3.8, 4) is 0 Å². The first-order chi connectivity index (χ1) is 9.44. The molecule has 1 aliphatic rings. The first-order valence-electron chi connectivity index (χ1n) is 7.32. The van der Waals surface area contributed by atoms with Gasteiger partial charge in [-0.3, -0.25) is 4.79 Å². The number of nitrogens with two attached hydrogens (primary N) is 1. The second-order valence-corrected chi connectivity index (χ2v) is 6.31. The van der Waals surface area contributed by atoms with Crippen molar-refractivity contribution in [3.05, 3.63) is 23.8 Å². The van der Waals surface area contributed by atoms with Gasteiger partial charge in [0.05, 0.1) is 11.4 Å². The molecule has 1 amide bonds. The number of rotatable bonds is 3. The second-order valence-electron chi connectivity index (χ2n) is 6.31. The molecule has 1 saturated carbocycles. The summed E-state index contributed by atoms with van der Waals surface area (Å²) >= 11 is 0. The van der Waals surface area contributed by atoms with Crippen LogP contribution in [0, 0.1) is 5.41 Å². The molecule has 0 saturated heterocycles. The van der Waals surface area contributed by atoms with Gasteiger partial charge in [-0.25, -0.2) is 0 Å². The number of benzene rings is 1. The lowest BCUT2D eigenvalue weighted by Gasteiger charge is -2.40. The highest BCUT2D eigenvalue weighted by Gasteiger charge is 2.32. The second kappa shape index (κ2) is 5.73. The molecule has 20 heavy (non-hydrogen) atoms. The smallest absolute Gasteiger partial charge is 0.251 e. The number of hydrogen-bond acceptors (Lipinski definition) is 3. The van der Waals surface area contributed by atoms with E-state index in [0.29, 0.717) is 17.3 Å². The van der Waals surface area contributed by atoms with Gasteiger partial charge in [-0.1, -0.05) is 26.7 Å². The summed E-state index contributed by atoms with van der Waals surface area (Å²) in [6.45, 7) is 4.59. The molecule has 0 spiro atoms. The van der Waals surface area contributed by atoms with E-state index in [4.69, 9.17) is 5.73 Å². The maximum atomic E-state index is 11.7. The van der Waals surface area contributed by atoms with Crippen molar-refractivity contribution in [1.82, 2.24) is 5.32 Å². The minimum atomic E-state index is -0.0871. The van der Waals surface area contributed by atoms with Crippen LogP contribution in [0.1, 0.15) is 49.9 Å². The summed E-state index contributed by atoms with van der Waals surface area (Å²) < 4.78 is 0. The predicted molar refractivity (Wildman–Crippen MR) is 83.9 cm³/mol. The van der Waals surface area contributed by atoms with E-state index in [1.54, 1.807) is 19.2 Å². The van der Waals surface area contributed by atoms with Gasteiger partial charge in [0.15, 0.2) is 0 Å². The van der Waals surface area contributed by atoms with Crippen molar-refractivity contribution in [2.24, 2.45) is 5.41 Å². The van der Waals surface area contributed by atoms with E-state index in [1.807, 2.05) is 6.07 Å². The molecular weight excluding hydrogens is 250 g/mol. The summed E-state index contributed by atoms with van der Waals surface area (Å²) in [4.78, 5) is 11.7. The van der Waals surface area contributed by atoms with E-state index in [2.05, 4.69) is 24.5 Å². The zero-order valence-corrected chi connectivity index (χ0v) is 12.6. The zero-order chi connectivity index (χ0) is 14.8. The Morgan fingerprint density at radius 3 is 2.75 bits per heavy atom. The number of anilines is 2. The van der Waals surface area contributed by atoms with Crippen molar-refractivity contribution in [2.45, 2.75) is 45.6 Å². The van der Waals surface area contributed by atoms with Gasteiger partial charge < -0.3 is 16.4 Å². The van der Waals surface area contributed by atoms with Gasteiger partial charge in [0.25, 0.3) is 5.91 Å². The van der Waals surface area contributed by atoms with Crippen LogP contribution in [0.4, 0.5) is 11.4 Å². The molecule has 0 aliphatic heterocycles. The maximum Gasteiger partial charge on any atom is 0.251 e. The monoisotopic (exact) mass is 275 g/mol. The number of carbonyl (C=O) groups excluding carboxylic acids is 1. The zero-order valence-electron chi connectivity index (χ0n) is 12.6. The van der Waals surface area contributed by atoms with Gasteiger partial charge in [0.2, 0.25) is 0 Å². The Morgan fingerprint density at radius 1 is 1.35 bits per heavy atom. The fourth-order valence-electron chi connectivity index (χ4n) is 2.92. The molecule has 110 valence electrons. The van der Waals surface area contributed by atoms with Crippen LogP contribution >= 0.6 is 0 Å². The Balaban J connectivity index is 2.21. The average Bonchev–Trinajstić information content (AvgIpc) is 2.42. The first-order valence-corrected chi connectivity index (χ1v) is 7.32. The molecule has 1 aliphatic carbocycles. The molecule has 4 nitrogen and oxygen atoms in total. The van der Waals surface area contributed by atoms with Crippen LogP contribution < -0.4 is 16.4 Å². The molecular formula is C16H25N3O. The number of carbonyl (C=O) groups is 1. The van der Waals surface area contributed by atoms with Crippen LogP contribution in [0.5, 0.6) is 0 Å². The van der Waals surface area contributed by atoms with E-state index in [-0.39, 0.29) is 11.3 Å². The molecule has 0 radical (unpaired) electrons. The molecule has 4 N–H and O–H groups in total. The van der Waals surface area contributed by atoms with Crippen molar-refractivity contribution < 1.29 is 4.79 Å². The van der Waals surface area contributed by atoms with Gasteiger partial charge in [0.1, 0.15) is 0 Å². The third-order valence-corrected chi connectivity index (χ3v) is 4.38. The highest BCUT2D eigenvalue weighted by Crippen LogP contribution is 2.38. The largest absolute Gasteiger partial charge is 0.397 e. The third kappa shape index (κ3) is 3.06. The van der Waals surface area contributed by atoms with E-state index in [0.717, 1.165) is 12.1 Å². The van der Waals surface area contributed by atoms with Gasteiger partial charge in [0, 0.05) is 18.7 Å². The lowest BCUT2D eigenvalue weighted by Crippen LogP contribution is -2.39. The molecule has 0 bridgehead atoms. The minimum absolute atomic E-state index is 0.0871. The molecule has 1 aromatic rings. The van der Waals surface area contributed by atoms with Crippen LogP contribution in [0.15, 0.2) is 18.2 Å². The topological polar surface area (TPSA) is 67.2 Å². The Labute approximate surface area is 121 Å². The molecule has 1 aromatic carbocycles. The van der Waals surface area contributed by atoms with E-state index in [9.17, 15) is 4.79 Å². The standard InChI is InChI=1S/C16H25N3O/c1-16(2)9-5-4-6-14(16)19-13-10-11(15(20)18-3)7-8-12(13)17/h7-8,10,14,19H,4-6,9,17H2,1-3H3,(H,18,20). The summed E-state index contributed by atoms with van der Waals surface area (Å²) in [5.41, 5.74) is 8.50. The highest BCUT2D eigenvalue weighted by atomic mass is 16.1. The van der Waals surface area contributed by atoms with E-state index in [1.165, 1.54) is 19.3 Å². The Bertz CT molecular complexity index is 496. The van der Waals surface area contributed by atoms with Crippen LogP contribution in [0.2, 0.25) is 0 Å². The summed E-state index contributed by atoms with van der Waals surface area (Å²) in [5, 5.41) is 6.19. The summed E-state index contributed by atoms with van der Waals surface area (Å²) in [7, 11) is 1.63. The number of nitrogen functional groups attached to an aromatic ring is 1. The predicted octanol–water partition coefficient (Wildman–Crippen LogP) is 3.01. The lowest BCUT2D eigenvalue weighted by molar-refractivity contribution is 0.0963. The quantitative estimate of drug-likeness (QED) is 0.743. The number of nitrogens with one attached hydrogen (secondary N) is 2. The summed E-state index contributed by atoms with van der Waals surface area (Å²) in [5.74, 6) is -0.0871. The summed E-state index contributed by atoms with van der Waals surface area (Å²) in [6.07, 6.45) is 4.91. The average molecular weight is 275 g/mol. The fourth-order valence-corrected chi connectivity index (χ4v) is 2.92. The van der Waals surface area contributed by atoms with Crippen molar-refractivity contribution in [1.29, 1.82) is 0 Å². The molecule has 1 unspecified atom stereocenters. The molecule has 2 rings (SSSR count). The SMILES string of the molecule is CNC(=O)c1ccc(N)c(NC2CCCCC2(C)C)c1. The van der Waals surface area contributed by atoms with Crippen molar-refractivity contribution in [2.75, 3.05) is 18.1 Å². The highest BCUT2D eigenvalue weighted by molar-refractivity contribution is 5.96. The van der Waals surface area contributed by atoms with Gasteiger partial charge in [-0.15, -0.1) is 0 Å². The van der Waals surface area contributed by atoms with Crippen LogP contribution in [-0.2, 0) is 0 Å². The Morgan fingerprint density at radius 2 is 2.10 bits per heavy atom. The Hall–Kier alpha value is -1.71. The molecule has 1 fully saturated rings. The number of amides is 1. The maximum absolute atomic E-state index is 11.7. The van der Waals surface area contributed by atoms with Crippen LogP contribution in [-0.4, -0.2) is 19.0 Å². The molecule has 1 atom stereocenters. The molecule has 0 aromatic heterocycles. The van der Waals surface area contributed by atoms with Gasteiger partial charge in [-0.05, 0) is 36.5 Å². The molecule has 0 heterocycles. The summed E-state index contributed by atoms with van der Waals surface area (Å²) in [6, 6.07) is 5.80.